The number of aliphatic hydroxyl groups is 1. The van der Waals surface area contributed by atoms with Crippen LogP contribution in [0.5, 0.6) is 0 Å². The van der Waals surface area contributed by atoms with Gasteiger partial charge in [-0.25, -0.2) is 0 Å². The number of hydrogen-bond acceptors (Lipinski definition) is 4. The fraction of sp³-hybridized carbons (Fsp3) is 0.929. The fourth-order valence-electron chi connectivity index (χ4n) is 3.51. The Labute approximate surface area is 114 Å². The third kappa shape index (κ3) is 2.93. The molecule has 0 atom stereocenters. The van der Waals surface area contributed by atoms with Crippen molar-refractivity contribution < 1.29 is 14.6 Å². The highest BCUT2D eigenvalue weighted by Gasteiger charge is 2.51. The fourth-order valence-corrected chi connectivity index (χ4v) is 3.51. The van der Waals surface area contributed by atoms with E-state index in [1.54, 1.807) is 0 Å². The molecule has 108 valence electrons. The number of primary amides is 1. The summed E-state index contributed by atoms with van der Waals surface area (Å²) in [5.41, 5.74) is 4.91. The molecule has 5 heteroatoms. The van der Waals surface area contributed by atoms with Crippen molar-refractivity contribution in [1.82, 2.24) is 4.90 Å². The number of carbonyl (C=O) groups is 1. The zero-order valence-corrected chi connectivity index (χ0v) is 11.4. The van der Waals surface area contributed by atoms with Crippen molar-refractivity contribution >= 4 is 5.91 Å². The molecule has 2 saturated heterocycles. The number of epoxide rings is 1. The molecule has 0 aromatic heterocycles. The second-order valence-electron chi connectivity index (χ2n) is 6.65. The van der Waals surface area contributed by atoms with Gasteiger partial charge in [0.05, 0.1) is 17.8 Å². The van der Waals surface area contributed by atoms with Crippen LogP contribution < -0.4 is 5.73 Å². The average molecular weight is 268 g/mol. The quantitative estimate of drug-likeness (QED) is 0.720. The number of amides is 1. The number of piperidine rings is 1. The van der Waals surface area contributed by atoms with Crippen LogP contribution in [0.2, 0.25) is 0 Å². The van der Waals surface area contributed by atoms with Crippen molar-refractivity contribution in [2.24, 2.45) is 11.7 Å². The van der Waals surface area contributed by atoms with Crippen LogP contribution in [0.4, 0.5) is 0 Å². The Hall–Kier alpha value is -0.650. The number of likely N-dealkylation sites (tertiary alicyclic amines) is 1. The topological polar surface area (TPSA) is 79.1 Å². The van der Waals surface area contributed by atoms with E-state index in [0.29, 0.717) is 0 Å². The molecule has 1 aliphatic carbocycles. The number of β-amino-alcohol motifs (C(OH)–C–C–N with tert-alkyl or cyclic N) is 1. The van der Waals surface area contributed by atoms with Crippen LogP contribution in [-0.4, -0.2) is 53.4 Å². The van der Waals surface area contributed by atoms with Crippen molar-refractivity contribution in [1.29, 1.82) is 0 Å². The third-order valence-electron chi connectivity index (χ3n) is 5.15. The summed E-state index contributed by atoms with van der Waals surface area (Å²) in [5.74, 6) is -0.149. The summed E-state index contributed by atoms with van der Waals surface area (Å²) in [6, 6.07) is 0. The second-order valence-corrected chi connectivity index (χ2v) is 6.65. The Morgan fingerprint density at radius 3 is 2.32 bits per heavy atom. The van der Waals surface area contributed by atoms with Gasteiger partial charge < -0.3 is 20.5 Å². The van der Waals surface area contributed by atoms with E-state index in [1.807, 2.05) is 0 Å². The number of rotatable bonds is 3. The minimum Gasteiger partial charge on any atom is -0.389 e. The van der Waals surface area contributed by atoms with Crippen LogP contribution in [-0.2, 0) is 9.53 Å². The SMILES string of the molecule is NC(=O)C1CCN(C[C@]2(O)CC[C@]3(CC2)CO3)CC1. The van der Waals surface area contributed by atoms with E-state index in [-0.39, 0.29) is 17.4 Å². The first-order chi connectivity index (χ1) is 9.00. The van der Waals surface area contributed by atoms with Crippen molar-refractivity contribution in [3.8, 4) is 0 Å². The minimum atomic E-state index is -0.559. The maximum atomic E-state index is 11.1. The molecular weight excluding hydrogens is 244 g/mol. The van der Waals surface area contributed by atoms with Gasteiger partial charge in [0.1, 0.15) is 0 Å². The number of hydrogen-bond donors (Lipinski definition) is 2. The minimum absolute atomic E-state index is 0.0281. The summed E-state index contributed by atoms with van der Waals surface area (Å²) in [4.78, 5) is 13.4. The van der Waals surface area contributed by atoms with Crippen molar-refractivity contribution in [2.75, 3.05) is 26.2 Å². The number of ether oxygens (including phenoxy) is 1. The molecule has 3 N–H and O–H groups in total. The van der Waals surface area contributed by atoms with Gasteiger partial charge in [-0.3, -0.25) is 4.79 Å². The molecule has 0 radical (unpaired) electrons. The summed E-state index contributed by atoms with van der Waals surface area (Å²) in [7, 11) is 0. The van der Waals surface area contributed by atoms with Gasteiger partial charge in [-0.2, -0.15) is 0 Å². The van der Waals surface area contributed by atoms with Crippen molar-refractivity contribution in [2.45, 2.75) is 49.7 Å². The zero-order chi connectivity index (χ0) is 13.5. The number of nitrogens with zero attached hydrogens (tertiary/aromatic N) is 1. The molecule has 1 saturated carbocycles. The smallest absolute Gasteiger partial charge is 0.220 e. The molecule has 2 heterocycles. The number of carbonyl (C=O) groups excluding carboxylic acids is 1. The Bertz CT molecular complexity index is 350. The monoisotopic (exact) mass is 268 g/mol. The molecule has 3 rings (SSSR count). The molecule has 5 nitrogen and oxygen atoms in total. The van der Waals surface area contributed by atoms with E-state index >= 15 is 0 Å². The molecule has 2 aliphatic heterocycles. The van der Waals surface area contributed by atoms with Crippen LogP contribution >= 0.6 is 0 Å². The summed E-state index contributed by atoms with van der Waals surface area (Å²) in [5, 5.41) is 10.7. The van der Waals surface area contributed by atoms with Crippen LogP contribution in [0.15, 0.2) is 0 Å². The van der Waals surface area contributed by atoms with E-state index in [2.05, 4.69) is 4.90 Å². The van der Waals surface area contributed by atoms with E-state index in [1.165, 1.54) is 0 Å². The maximum Gasteiger partial charge on any atom is 0.220 e. The lowest BCUT2D eigenvalue weighted by molar-refractivity contribution is -0.123. The molecule has 1 spiro atoms. The van der Waals surface area contributed by atoms with Crippen molar-refractivity contribution in [3.63, 3.8) is 0 Å². The Morgan fingerprint density at radius 2 is 1.84 bits per heavy atom. The van der Waals surface area contributed by atoms with Gasteiger partial charge in [0, 0.05) is 12.5 Å². The average Bonchev–Trinajstić information content (AvgIpc) is 3.15. The Kier molecular flexibility index (Phi) is 3.31. The molecule has 0 aromatic carbocycles. The van der Waals surface area contributed by atoms with Gasteiger partial charge in [0.15, 0.2) is 0 Å². The first-order valence-electron chi connectivity index (χ1n) is 7.38. The third-order valence-corrected chi connectivity index (χ3v) is 5.15. The van der Waals surface area contributed by atoms with Gasteiger partial charge in [0.2, 0.25) is 5.91 Å². The predicted octanol–water partition coefficient (Wildman–Crippen LogP) is 0.258. The highest BCUT2D eigenvalue weighted by Crippen LogP contribution is 2.45. The molecule has 3 aliphatic rings. The lowest BCUT2D eigenvalue weighted by Gasteiger charge is -2.40. The summed E-state index contributed by atoms with van der Waals surface area (Å²) >= 11 is 0. The van der Waals surface area contributed by atoms with Gasteiger partial charge in [0.25, 0.3) is 0 Å². The largest absolute Gasteiger partial charge is 0.389 e. The van der Waals surface area contributed by atoms with Crippen LogP contribution in [0.3, 0.4) is 0 Å². The normalized spacial score (nSPS) is 40.5. The van der Waals surface area contributed by atoms with Crippen LogP contribution in [0, 0.1) is 5.92 Å². The van der Waals surface area contributed by atoms with Gasteiger partial charge >= 0.3 is 0 Å². The van der Waals surface area contributed by atoms with Gasteiger partial charge in [-0.1, -0.05) is 0 Å². The maximum absolute atomic E-state index is 11.1. The van der Waals surface area contributed by atoms with Gasteiger partial charge in [-0.15, -0.1) is 0 Å². The first kappa shape index (κ1) is 13.3. The van der Waals surface area contributed by atoms with Gasteiger partial charge in [-0.05, 0) is 51.6 Å². The summed E-state index contributed by atoms with van der Waals surface area (Å²) < 4.78 is 5.48. The standard InChI is InChI=1S/C14H24N2O3/c15-12(17)11-1-7-16(8-2-11)9-13(18)3-5-14(6-4-13)10-19-14/h11,18H,1-10H2,(H2,15,17)/t13-,14-. The lowest BCUT2D eigenvalue weighted by atomic mass is 9.78. The van der Waals surface area contributed by atoms with E-state index in [4.69, 9.17) is 10.5 Å². The van der Waals surface area contributed by atoms with Crippen molar-refractivity contribution in [3.05, 3.63) is 0 Å². The van der Waals surface area contributed by atoms with E-state index < -0.39 is 5.60 Å². The Balaban J connectivity index is 1.47. The summed E-state index contributed by atoms with van der Waals surface area (Å²) in [6.45, 7) is 3.36. The highest BCUT2D eigenvalue weighted by molar-refractivity contribution is 5.76. The second kappa shape index (κ2) is 4.72. The number of nitrogens with two attached hydrogens (primary N) is 1. The first-order valence-corrected chi connectivity index (χ1v) is 7.38. The highest BCUT2D eigenvalue weighted by atomic mass is 16.6. The Morgan fingerprint density at radius 1 is 1.26 bits per heavy atom. The molecule has 0 bridgehead atoms. The zero-order valence-electron chi connectivity index (χ0n) is 11.4. The molecule has 0 unspecified atom stereocenters. The molecule has 19 heavy (non-hydrogen) atoms. The lowest BCUT2D eigenvalue weighted by Crippen LogP contribution is -2.49. The molecule has 3 fully saturated rings. The molecule has 1 amide bonds. The molecule has 0 aromatic rings. The van der Waals surface area contributed by atoms with Crippen LogP contribution in [0.1, 0.15) is 38.5 Å². The summed E-state index contributed by atoms with van der Waals surface area (Å²) in [6.07, 6.45) is 5.31. The molecular formula is C14H24N2O3. The van der Waals surface area contributed by atoms with E-state index in [0.717, 1.165) is 64.8 Å². The predicted molar refractivity (Wildman–Crippen MR) is 70.5 cm³/mol. The van der Waals surface area contributed by atoms with Crippen LogP contribution in [0.25, 0.3) is 0 Å². The van der Waals surface area contributed by atoms with E-state index in [9.17, 15) is 9.90 Å².